The van der Waals surface area contributed by atoms with Crippen molar-refractivity contribution < 1.29 is 27.4 Å². The van der Waals surface area contributed by atoms with Crippen LogP contribution < -0.4 is 0 Å². The van der Waals surface area contributed by atoms with Crippen LogP contribution in [0.5, 0.6) is 0 Å². The largest absolute Gasteiger partial charge is 0.507 e. The second-order valence-corrected chi connectivity index (χ2v) is 8.71. The van der Waals surface area contributed by atoms with Gasteiger partial charge in [-0.2, -0.15) is 17.0 Å². The van der Waals surface area contributed by atoms with Crippen molar-refractivity contribution in [1.82, 2.24) is 8.61 Å². The van der Waals surface area contributed by atoms with Crippen LogP contribution in [0.2, 0.25) is 5.02 Å². The number of halogens is 2. The second-order valence-electron chi connectivity index (χ2n) is 6.42. The van der Waals surface area contributed by atoms with Crippen molar-refractivity contribution in [2.45, 2.75) is 31.9 Å². The molecule has 0 unspecified atom stereocenters. The molecule has 0 amide bonds. The van der Waals surface area contributed by atoms with Crippen LogP contribution in [0.1, 0.15) is 31.2 Å². The van der Waals surface area contributed by atoms with Crippen LogP contribution in [0.15, 0.2) is 24.3 Å². The monoisotopic (exact) mass is 418 g/mol. The summed E-state index contributed by atoms with van der Waals surface area (Å²) in [6.07, 6.45) is 1.43. The Labute approximate surface area is 162 Å². The van der Waals surface area contributed by atoms with Crippen molar-refractivity contribution in [2.75, 3.05) is 19.6 Å². The Morgan fingerprint density at radius 3 is 2.70 bits per heavy atom. The van der Waals surface area contributed by atoms with Gasteiger partial charge < -0.3 is 9.84 Å². The highest BCUT2D eigenvalue weighted by Gasteiger charge is 2.39. The van der Waals surface area contributed by atoms with Crippen molar-refractivity contribution in [3.8, 4) is 0 Å². The highest BCUT2D eigenvalue weighted by Crippen LogP contribution is 2.29. The molecule has 0 aromatic heterocycles. The molecule has 0 bridgehead atoms. The molecule has 0 saturated carbocycles. The van der Waals surface area contributed by atoms with E-state index in [-0.39, 0.29) is 24.7 Å². The van der Waals surface area contributed by atoms with E-state index in [1.807, 2.05) is 0 Å². The molecule has 1 N–H and O–H groups in total. The van der Waals surface area contributed by atoms with E-state index < -0.39 is 28.4 Å². The maximum atomic E-state index is 13.3. The van der Waals surface area contributed by atoms with Gasteiger partial charge in [0.1, 0.15) is 5.82 Å². The van der Waals surface area contributed by atoms with E-state index in [4.69, 9.17) is 21.4 Å². The molecule has 27 heavy (non-hydrogen) atoms. The van der Waals surface area contributed by atoms with Gasteiger partial charge in [0.2, 0.25) is 0 Å². The SMILES string of the molecule is O=C(O)O[C@@H]1CCCCN1S(=O)(=O)N1CC=C(c2ccc(F)c(Cl)c2)CC1. The van der Waals surface area contributed by atoms with Crippen molar-refractivity contribution >= 4 is 33.5 Å². The minimum Gasteiger partial charge on any atom is -0.450 e. The van der Waals surface area contributed by atoms with Gasteiger partial charge >= 0.3 is 6.16 Å². The van der Waals surface area contributed by atoms with E-state index in [9.17, 15) is 17.6 Å². The van der Waals surface area contributed by atoms with Gasteiger partial charge in [0, 0.05) is 19.6 Å². The maximum absolute atomic E-state index is 13.3. The summed E-state index contributed by atoms with van der Waals surface area (Å²) in [5.41, 5.74) is 1.64. The summed E-state index contributed by atoms with van der Waals surface area (Å²) in [6, 6.07) is 4.41. The molecule has 1 atom stereocenters. The molecular formula is C17H20ClFN2O5S. The van der Waals surface area contributed by atoms with Gasteiger partial charge in [-0.05, 0) is 49.0 Å². The molecule has 1 fully saturated rings. The molecule has 10 heteroatoms. The molecule has 2 aliphatic heterocycles. The predicted molar refractivity (Wildman–Crippen MR) is 98.0 cm³/mol. The summed E-state index contributed by atoms with van der Waals surface area (Å²) in [6.45, 7) is 0.601. The first kappa shape index (κ1) is 20.1. The summed E-state index contributed by atoms with van der Waals surface area (Å²) in [5.74, 6) is -0.504. The molecule has 0 aliphatic carbocycles. The molecule has 1 aromatic carbocycles. The minimum absolute atomic E-state index is 0.0189. The smallest absolute Gasteiger partial charge is 0.450 e. The zero-order chi connectivity index (χ0) is 19.6. The quantitative estimate of drug-likeness (QED) is 0.758. The number of carbonyl (C=O) groups is 1. The van der Waals surface area contributed by atoms with Crippen LogP contribution in [0, 0.1) is 5.82 Å². The Bertz CT molecular complexity index is 861. The third-order valence-electron chi connectivity index (χ3n) is 4.72. The van der Waals surface area contributed by atoms with Gasteiger partial charge in [-0.3, -0.25) is 0 Å². The molecule has 1 aromatic rings. The van der Waals surface area contributed by atoms with E-state index in [1.165, 1.54) is 16.4 Å². The first-order valence-electron chi connectivity index (χ1n) is 8.60. The second kappa shape index (κ2) is 8.14. The molecule has 2 heterocycles. The summed E-state index contributed by atoms with van der Waals surface area (Å²) in [7, 11) is -3.85. The lowest BCUT2D eigenvalue weighted by Crippen LogP contribution is -2.52. The lowest BCUT2D eigenvalue weighted by Gasteiger charge is -2.37. The Kier molecular flexibility index (Phi) is 6.05. The Hall–Kier alpha value is -1.68. The van der Waals surface area contributed by atoms with E-state index in [2.05, 4.69) is 0 Å². The first-order chi connectivity index (χ1) is 12.8. The zero-order valence-corrected chi connectivity index (χ0v) is 16.0. The fraction of sp³-hybridized carbons (Fsp3) is 0.471. The topological polar surface area (TPSA) is 87.1 Å². The molecule has 7 nitrogen and oxygen atoms in total. The van der Waals surface area contributed by atoms with Crippen molar-refractivity contribution in [3.05, 3.63) is 40.7 Å². The maximum Gasteiger partial charge on any atom is 0.507 e. The van der Waals surface area contributed by atoms with Crippen LogP contribution >= 0.6 is 11.6 Å². The molecule has 1 saturated heterocycles. The number of nitrogens with zero attached hydrogens (tertiary/aromatic N) is 2. The Morgan fingerprint density at radius 2 is 2.07 bits per heavy atom. The average Bonchev–Trinajstić information content (AvgIpc) is 2.64. The van der Waals surface area contributed by atoms with Crippen LogP contribution in [0.25, 0.3) is 5.57 Å². The van der Waals surface area contributed by atoms with Gasteiger partial charge in [-0.25, -0.2) is 9.18 Å². The first-order valence-corrected chi connectivity index (χ1v) is 10.4. The van der Waals surface area contributed by atoms with Gasteiger partial charge in [0.25, 0.3) is 10.2 Å². The summed E-state index contributed by atoms with van der Waals surface area (Å²) >= 11 is 5.82. The van der Waals surface area contributed by atoms with Gasteiger partial charge in [-0.15, -0.1) is 0 Å². The molecule has 3 rings (SSSR count). The van der Waals surface area contributed by atoms with E-state index >= 15 is 0 Å². The molecule has 2 aliphatic rings. The third kappa shape index (κ3) is 4.43. The lowest BCUT2D eigenvalue weighted by molar-refractivity contribution is -0.0187. The summed E-state index contributed by atoms with van der Waals surface area (Å²) in [5, 5.41) is 8.88. The van der Waals surface area contributed by atoms with E-state index in [0.29, 0.717) is 25.7 Å². The van der Waals surface area contributed by atoms with Gasteiger partial charge in [0.15, 0.2) is 6.23 Å². The normalized spacial score (nSPS) is 22.3. The van der Waals surface area contributed by atoms with Crippen molar-refractivity contribution in [3.63, 3.8) is 0 Å². The zero-order valence-electron chi connectivity index (χ0n) is 14.5. The third-order valence-corrected chi connectivity index (χ3v) is 7.01. The van der Waals surface area contributed by atoms with Crippen molar-refractivity contribution in [2.24, 2.45) is 0 Å². The van der Waals surface area contributed by atoms with Crippen LogP contribution in [-0.4, -0.2) is 54.2 Å². The van der Waals surface area contributed by atoms with Crippen LogP contribution in [-0.2, 0) is 14.9 Å². The number of carboxylic acid groups (broad SMARTS) is 1. The number of benzene rings is 1. The standard InChI is InChI=1S/C17H20ClFN2O5S/c18-14-11-13(4-5-15(14)19)12-6-9-20(10-7-12)27(24,25)21-8-2-1-3-16(21)26-17(22)23/h4-6,11,16H,1-3,7-10H2,(H,22,23)/t16-/m1/s1. The Balaban J connectivity index is 1.75. The fourth-order valence-electron chi connectivity index (χ4n) is 3.34. The summed E-state index contributed by atoms with van der Waals surface area (Å²) < 4.78 is 46.4. The molecule has 148 valence electrons. The number of hydrogen-bond acceptors (Lipinski definition) is 4. The predicted octanol–water partition coefficient (Wildman–Crippen LogP) is 3.32. The van der Waals surface area contributed by atoms with E-state index in [0.717, 1.165) is 15.4 Å². The number of hydrogen-bond donors (Lipinski definition) is 1. The van der Waals surface area contributed by atoms with Crippen LogP contribution in [0.3, 0.4) is 0 Å². The Morgan fingerprint density at radius 1 is 1.30 bits per heavy atom. The average molecular weight is 419 g/mol. The van der Waals surface area contributed by atoms with Gasteiger partial charge in [-0.1, -0.05) is 23.7 Å². The number of rotatable bonds is 4. The minimum atomic E-state index is -3.85. The lowest BCUT2D eigenvalue weighted by atomic mass is 10.0. The number of ether oxygens (including phenoxy) is 1. The van der Waals surface area contributed by atoms with Gasteiger partial charge in [0.05, 0.1) is 5.02 Å². The molecular weight excluding hydrogens is 399 g/mol. The number of piperidine rings is 1. The fourth-order valence-corrected chi connectivity index (χ4v) is 5.21. The molecule has 0 spiro atoms. The van der Waals surface area contributed by atoms with Crippen molar-refractivity contribution in [1.29, 1.82) is 0 Å². The van der Waals surface area contributed by atoms with E-state index in [1.54, 1.807) is 12.1 Å². The van der Waals surface area contributed by atoms with Crippen LogP contribution in [0.4, 0.5) is 9.18 Å². The summed E-state index contributed by atoms with van der Waals surface area (Å²) in [4.78, 5) is 10.9. The highest BCUT2D eigenvalue weighted by molar-refractivity contribution is 7.86. The highest BCUT2D eigenvalue weighted by atomic mass is 35.5. The molecule has 0 radical (unpaired) electrons.